The first kappa shape index (κ1) is 14.4. The second-order valence-corrected chi connectivity index (χ2v) is 6.25. The minimum Gasteiger partial charge on any atom is -0.628 e. The highest BCUT2D eigenvalue weighted by Crippen LogP contribution is 2.21. The smallest absolute Gasteiger partial charge is 0.410 e. The molecule has 19 heavy (non-hydrogen) atoms. The average Bonchev–Trinajstić information content (AvgIpc) is 2.31. The quantitative estimate of drug-likeness (QED) is 0.416. The van der Waals surface area contributed by atoms with E-state index in [2.05, 4.69) is 0 Å². The van der Waals surface area contributed by atoms with Crippen molar-refractivity contribution >= 4 is 17.7 Å². The summed E-state index contributed by atoms with van der Waals surface area (Å²) in [5, 5.41) is 11.9. The summed E-state index contributed by atoms with van der Waals surface area (Å²) in [5.41, 5.74) is 0.554. The van der Waals surface area contributed by atoms with Crippen molar-refractivity contribution in [3.8, 4) is 0 Å². The first-order valence-electron chi connectivity index (χ1n) is 6.34. The molecule has 0 radical (unpaired) electrons. The zero-order valence-corrected chi connectivity index (χ0v) is 12.2. The molecule has 2 aliphatic rings. The van der Waals surface area contributed by atoms with Crippen LogP contribution in [0.3, 0.4) is 0 Å². The van der Waals surface area contributed by atoms with Crippen LogP contribution < -0.4 is 5.06 Å². The Kier molecular flexibility index (Phi) is 3.90. The number of rotatable bonds is 0. The first-order valence-corrected chi connectivity index (χ1v) is 6.78. The fraction of sp³-hybridized carbons (Fsp3) is 0.615. The lowest BCUT2D eigenvalue weighted by molar-refractivity contribution is -0.815. The van der Waals surface area contributed by atoms with Crippen LogP contribution in [0, 0.1) is 5.21 Å². The maximum absolute atomic E-state index is 12.0. The van der Waals surface area contributed by atoms with Crippen LogP contribution in [-0.2, 0) is 4.74 Å². The molecule has 1 N–H and O–H groups in total. The van der Waals surface area contributed by atoms with Gasteiger partial charge < -0.3 is 19.9 Å². The van der Waals surface area contributed by atoms with Crippen molar-refractivity contribution < 1.29 is 14.6 Å². The van der Waals surface area contributed by atoms with Crippen LogP contribution in [0.5, 0.6) is 0 Å². The molecule has 0 fully saturated rings. The molecule has 6 heteroatoms. The van der Waals surface area contributed by atoms with E-state index in [4.69, 9.17) is 16.3 Å². The average molecular weight is 287 g/mol. The molecule has 2 heterocycles. The Morgan fingerprint density at radius 3 is 2.89 bits per heavy atom. The summed E-state index contributed by atoms with van der Waals surface area (Å²) < 4.78 is 5.33. The number of carbonyl (C=O) groups is 1. The van der Waals surface area contributed by atoms with E-state index in [1.807, 2.05) is 26.8 Å². The summed E-state index contributed by atoms with van der Waals surface area (Å²) in [6.45, 7) is 6.41. The van der Waals surface area contributed by atoms with Crippen LogP contribution in [0.25, 0.3) is 0 Å². The number of halogens is 1. The van der Waals surface area contributed by atoms with E-state index in [0.29, 0.717) is 19.5 Å². The molecule has 1 amide bonds. The highest BCUT2D eigenvalue weighted by atomic mass is 35.5. The Hall–Kier alpha value is -1.04. The standard InChI is InChI=1S/C13H19ClN2O3/c1-13(2,3)19-12(17)15-7-6-10-9(8-15)4-5-11(14)16(10)18/h4-5,11,16H,6-8H2,1-3H3. The van der Waals surface area contributed by atoms with Crippen LogP contribution in [0.1, 0.15) is 27.2 Å². The Bertz CT molecular complexity index is 440. The molecule has 0 spiro atoms. The molecule has 2 rings (SSSR count). The van der Waals surface area contributed by atoms with Crippen LogP contribution in [0.15, 0.2) is 23.4 Å². The van der Waals surface area contributed by atoms with E-state index >= 15 is 0 Å². The van der Waals surface area contributed by atoms with Crippen molar-refractivity contribution in [2.24, 2.45) is 0 Å². The third-order valence-electron chi connectivity index (χ3n) is 3.05. The zero-order chi connectivity index (χ0) is 14.2. The number of alkyl halides is 1. The summed E-state index contributed by atoms with van der Waals surface area (Å²) in [5.74, 6) is 0. The van der Waals surface area contributed by atoms with Gasteiger partial charge in [-0.1, -0.05) is 11.6 Å². The minimum absolute atomic E-state index is 0.0389. The zero-order valence-electron chi connectivity index (χ0n) is 11.4. The fourth-order valence-electron chi connectivity index (χ4n) is 2.16. The normalized spacial score (nSPS) is 27.3. The Balaban J connectivity index is 2.06. The molecule has 0 aromatic carbocycles. The van der Waals surface area contributed by atoms with Gasteiger partial charge in [-0.15, -0.1) is 0 Å². The lowest BCUT2D eigenvalue weighted by atomic mass is 10.0. The third-order valence-corrected chi connectivity index (χ3v) is 3.39. The second kappa shape index (κ2) is 5.15. The number of amides is 1. The predicted octanol–water partition coefficient (Wildman–Crippen LogP) is 1.40. The van der Waals surface area contributed by atoms with Gasteiger partial charge in [0.1, 0.15) is 11.3 Å². The van der Waals surface area contributed by atoms with Crippen molar-refractivity contribution in [3.05, 3.63) is 28.6 Å². The van der Waals surface area contributed by atoms with Gasteiger partial charge in [-0.25, -0.2) is 4.79 Å². The van der Waals surface area contributed by atoms with E-state index in [0.717, 1.165) is 11.3 Å². The van der Waals surface area contributed by atoms with Gasteiger partial charge >= 0.3 is 6.09 Å². The van der Waals surface area contributed by atoms with E-state index < -0.39 is 11.1 Å². The molecule has 0 aliphatic carbocycles. The number of nitrogens with one attached hydrogen (secondary N) is 1. The van der Waals surface area contributed by atoms with E-state index in [-0.39, 0.29) is 11.2 Å². The monoisotopic (exact) mass is 286 g/mol. The van der Waals surface area contributed by atoms with E-state index in [9.17, 15) is 10.0 Å². The molecular formula is C13H19ClN2O3. The molecule has 0 bridgehead atoms. The van der Waals surface area contributed by atoms with E-state index in [1.165, 1.54) is 0 Å². The molecule has 5 nitrogen and oxygen atoms in total. The van der Waals surface area contributed by atoms with Crippen molar-refractivity contribution in [1.29, 1.82) is 0 Å². The van der Waals surface area contributed by atoms with Gasteiger partial charge in [-0.3, -0.25) is 0 Å². The highest BCUT2D eigenvalue weighted by Gasteiger charge is 2.31. The highest BCUT2D eigenvalue weighted by molar-refractivity contribution is 6.20. The first-order chi connectivity index (χ1) is 8.78. The largest absolute Gasteiger partial charge is 0.628 e. The van der Waals surface area contributed by atoms with Gasteiger partial charge in [0.15, 0.2) is 5.50 Å². The summed E-state index contributed by atoms with van der Waals surface area (Å²) in [7, 11) is 0. The summed E-state index contributed by atoms with van der Waals surface area (Å²) in [4.78, 5) is 13.6. The Morgan fingerprint density at radius 2 is 2.26 bits per heavy atom. The molecule has 106 valence electrons. The van der Waals surface area contributed by atoms with Crippen LogP contribution in [-0.4, -0.2) is 35.2 Å². The predicted molar refractivity (Wildman–Crippen MR) is 72.6 cm³/mol. The Morgan fingerprint density at radius 1 is 1.58 bits per heavy atom. The maximum Gasteiger partial charge on any atom is 0.410 e. The summed E-state index contributed by atoms with van der Waals surface area (Å²) in [6.07, 6.45) is 3.71. The summed E-state index contributed by atoms with van der Waals surface area (Å²) in [6, 6.07) is 0. The van der Waals surface area contributed by atoms with Crippen molar-refractivity contribution in [2.75, 3.05) is 13.1 Å². The van der Waals surface area contributed by atoms with Gasteiger partial charge in [0.05, 0.1) is 6.54 Å². The summed E-state index contributed by atoms with van der Waals surface area (Å²) >= 11 is 5.90. The maximum atomic E-state index is 12.0. The van der Waals surface area contributed by atoms with Crippen molar-refractivity contribution in [2.45, 2.75) is 38.3 Å². The molecule has 0 saturated heterocycles. The SMILES string of the molecule is CC(C)(C)OC(=O)N1CCC2=C(C=CC(Cl)[NH+]2[O-])C1. The molecule has 2 atom stereocenters. The van der Waals surface area contributed by atoms with Gasteiger partial charge in [0.2, 0.25) is 0 Å². The van der Waals surface area contributed by atoms with E-state index in [1.54, 1.807) is 11.0 Å². The number of hydrogen-bond acceptors (Lipinski definition) is 3. The molecule has 0 saturated carbocycles. The topological polar surface area (TPSA) is 57.0 Å². The lowest BCUT2D eigenvalue weighted by Crippen LogP contribution is -3.09. The Labute approximate surface area is 118 Å². The van der Waals surface area contributed by atoms with Crippen molar-refractivity contribution in [1.82, 2.24) is 4.90 Å². The van der Waals surface area contributed by atoms with Gasteiger partial charge in [-0.2, -0.15) is 0 Å². The number of quaternary nitrogens is 1. The molecule has 0 aromatic rings. The van der Waals surface area contributed by atoms with Gasteiger partial charge in [-0.05, 0) is 32.9 Å². The van der Waals surface area contributed by atoms with Crippen molar-refractivity contribution in [3.63, 3.8) is 0 Å². The van der Waals surface area contributed by atoms with Crippen LogP contribution in [0.2, 0.25) is 0 Å². The third kappa shape index (κ3) is 3.29. The second-order valence-electron chi connectivity index (χ2n) is 5.78. The molecule has 2 aliphatic heterocycles. The number of carbonyl (C=O) groups excluding carboxylic acids is 1. The number of hydroxylamine groups is 2. The van der Waals surface area contributed by atoms with Crippen LogP contribution in [0.4, 0.5) is 4.79 Å². The van der Waals surface area contributed by atoms with Gasteiger partial charge in [0.25, 0.3) is 0 Å². The fourth-order valence-corrected chi connectivity index (χ4v) is 2.36. The van der Waals surface area contributed by atoms with Gasteiger partial charge in [0, 0.05) is 18.5 Å². The number of nitrogens with zero attached hydrogens (tertiary/aromatic N) is 1. The lowest BCUT2D eigenvalue weighted by Gasteiger charge is -2.37. The molecular weight excluding hydrogens is 268 g/mol. The number of hydrogen-bond donors (Lipinski definition) is 1. The molecule has 0 aromatic heterocycles. The molecule has 2 unspecified atom stereocenters. The minimum atomic E-state index is -0.563. The number of ether oxygens (including phenoxy) is 1. The van der Waals surface area contributed by atoms with Crippen LogP contribution >= 0.6 is 11.6 Å².